The maximum absolute atomic E-state index is 11.6. The summed E-state index contributed by atoms with van der Waals surface area (Å²) in [6.45, 7) is 1.63. The van der Waals surface area contributed by atoms with Crippen molar-refractivity contribution in [3.63, 3.8) is 0 Å². The molecule has 0 aliphatic carbocycles. The van der Waals surface area contributed by atoms with Crippen LogP contribution in [-0.4, -0.2) is 33.9 Å². The van der Waals surface area contributed by atoms with Crippen molar-refractivity contribution in [3.05, 3.63) is 29.6 Å². The van der Waals surface area contributed by atoms with Crippen molar-refractivity contribution in [2.24, 2.45) is 5.73 Å². The highest BCUT2D eigenvalue weighted by molar-refractivity contribution is 5.94. The first-order valence-electron chi connectivity index (χ1n) is 5.18. The predicted octanol–water partition coefficient (Wildman–Crippen LogP) is -0.227. The first-order valence-corrected chi connectivity index (χ1v) is 5.18. The predicted molar refractivity (Wildman–Crippen MR) is 61.9 cm³/mol. The van der Waals surface area contributed by atoms with Gasteiger partial charge in [0.2, 0.25) is 5.91 Å². The number of aromatic carboxylic acids is 1. The Kier molecular flexibility index (Phi) is 4.36. The van der Waals surface area contributed by atoms with Gasteiger partial charge in [-0.2, -0.15) is 0 Å². The van der Waals surface area contributed by atoms with Crippen LogP contribution in [0.15, 0.2) is 18.3 Å². The van der Waals surface area contributed by atoms with E-state index in [1.54, 1.807) is 6.92 Å². The largest absolute Gasteiger partial charge is 0.478 e. The Bertz CT molecular complexity index is 470. The zero-order chi connectivity index (χ0) is 13.7. The molecule has 1 rings (SSSR count). The molecule has 1 unspecified atom stereocenters. The molecule has 18 heavy (non-hydrogen) atoms. The number of primary amides is 1. The molecule has 7 heteroatoms. The van der Waals surface area contributed by atoms with E-state index < -0.39 is 23.8 Å². The minimum atomic E-state index is -1.11. The Labute approximate surface area is 103 Å². The second kappa shape index (κ2) is 5.76. The Balaban J connectivity index is 2.67. The molecule has 1 aromatic heterocycles. The third-order valence-electron chi connectivity index (χ3n) is 2.13. The summed E-state index contributed by atoms with van der Waals surface area (Å²) in [7, 11) is 0. The van der Waals surface area contributed by atoms with Crippen LogP contribution in [0.2, 0.25) is 0 Å². The summed E-state index contributed by atoms with van der Waals surface area (Å²) in [6, 6.07) is 2.18. The molecule has 0 saturated carbocycles. The van der Waals surface area contributed by atoms with Gasteiger partial charge in [0.15, 0.2) is 0 Å². The summed E-state index contributed by atoms with van der Waals surface area (Å²) in [4.78, 5) is 36.6. The lowest BCUT2D eigenvalue weighted by atomic mass is 10.2. The van der Waals surface area contributed by atoms with Gasteiger partial charge in [-0.15, -0.1) is 0 Å². The number of carboxylic acid groups (broad SMARTS) is 1. The molecule has 0 fully saturated rings. The molecule has 4 N–H and O–H groups in total. The van der Waals surface area contributed by atoms with Gasteiger partial charge in [-0.1, -0.05) is 0 Å². The smallest absolute Gasteiger partial charge is 0.337 e. The van der Waals surface area contributed by atoms with Gasteiger partial charge in [0.05, 0.1) is 5.56 Å². The van der Waals surface area contributed by atoms with E-state index >= 15 is 0 Å². The van der Waals surface area contributed by atoms with Gasteiger partial charge in [0.25, 0.3) is 5.91 Å². The third kappa shape index (κ3) is 3.85. The van der Waals surface area contributed by atoms with E-state index in [-0.39, 0.29) is 17.7 Å². The molecule has 2 amide bonds. The van der Waals surface area contributed by atoms with Gasteiger partial charge < -0.3 is 16.2 Å². The number of rotatable bonds is 5. The fourth-order valence-electron chi connectivity index (χ4n) is 1.31. The summed E-state index contributed by atoms with van der Waals surface area (Å²) in [5.41, 5.74) is 5.07. The number of hydrogen-bond acceptors (Lipinski definition) is 4. The van der Waals surface area contributed by atoms with E-state index in [2.05, 4.69) is 10.3 Å². The van der Waals surface area contributed by atoms with E-state index in [9.17, 15) is 14.4 Å². The van der Waals surface area contributed by atoms with Crippen LogP contribution in [0.25, 0.3) is 0 Å². The zero-order valence-electron chi connectivity index (χ0n) is 9.71. The number of nitrogens with one attached hydrogen (secondary N) is 1. The molecule has 1 aromatic rings. The van der Waals surface area contributed by atoms with Crippen molar-refractivity contribution in [3.8, 4) is 0 Å². The topological polar surface area (TPSA) is 122 Å². The van der Waals surface area contributed by atoms with E-state index in [1.165, 1.54) is 12.1 Å². The highest BCUT2D eigenvalue weighted by atomic mass is 16.4. The molecule has 0 radical (unpaired) electrons. The highest BCUT2D eigenvalue weighted by Gasteiger charge is 2.13. The van der Waals surface area contributed by atoms with Crippen LogP contribution in [0.5, 0.6) is 0 Å². The summed E-state index contributed by atoms with van der Waals surface area (Å²) in [5, 5.41) is 11.2. The summed E-state index contributed by atoms with van der Waals surface area (Å²) < 4.78 is 0. The van der Waals surface area contributed by atoms with Crippen molar-refractivity contribution in [1.82, 2.24) is 10.3 Å². The molecule has 0 aromatic carbocycles. The number of nitrogens with two attached hydrogens (primary N) is 1. The minimum absolute atomic E-state index is 0.00302. The lowest BCUT2D eigenvalue weighted by molar-refractivity contribution is -0.118. The molecular weight excluding hydrogens is 238 g/mol. The van der Waals surface area contributed by atoms with Gasteiger partial charge in [-0.3, -0.25) is 14.6 Å². The Morgan fingerprint density at radius 2 is 2.11 bits per heavy atom. The van der Waals surface area contributed by atoms with Crippen LogP contribution >= 0.6 is 0 Å². The van der Waals surface area contributed by atoms with E-state index in [0.717, 1.165) is 6.20 Å². The van der Waals surface area contributed by atoms with Crippen molar-refractivity contribution < 1.29 is 19.5 Å². The van der Waals surface area contributed by atoms with Gasteiger partial charge in [0.1, 0.15) is 5.69 Å². The fraction of sp³-hybridized carbons (Fsp3) is 0.273. The molecule has 0 saturated heterocycles. The van der Waals surface area contributed by atoms with E-state index in [0.29, 0.717) is 0 Å². The standard InChI is InChI=1S/C11H13N3O4/c1-6(4-9(12)15)14-10(16)8-3-2-7(5-13-8)11(17)18/h2-3,5-6H,4H2,1H3,(H2,12,15)(H,14,16)(H,17,18). The summed E-state index contributed by atoms with van der Waals surface area (Å²) in [5.74, 6) is -2.12. The van der Waals surface area contributed by atoms with Gasteiger partial charge >= 0.3 is 5.97 Å². The van der Waals surface area contributed by atoms with Crippen molar-refractivity contribution in [2.75, 3.05) is 0 Å². The van der Waals surface area contributed by atoms with Gasteiger partial charge in [-0.25, -0.2) is 4.79 Å². The molecule has 7 nitrogen and oxygen atoms in total. The van der Waals surface area contributed by atoms with Crippen LogP contribution in [0.4, 0.5) is 0 Å². The Hall–Kier alpha value is -2.44. The second-order valence-electron chi connectivity index (χ2n) is 3.78. The maximum atomic E-state index is 11.6. The molecule has 0 bridgehead atoms. The van der Waals surface area contributed by atoms with Gasteiger partial charge in [0, 0.05) is 18.7 Å². The molecule has 0 spiro atoms. The minimum Gasteiger partial charge on any atom is -0.478 e. The monoisotopic (exact) mass is 251 g/mol. The maximum Gasteiger partial charge on any atom is 0.337 e. The molecule has 1 atom stereocenters. The average Bonchev–Trinajstić information content (AvgIpc) is 2.27. The SMILES string of the molecule is CC(CC(N)=O)NC(=O)c1ccc(C(=O)O)cn1. The van der Waals surface area contributed by atoms with Gasteiger partial charge in [-0.05, 0) is 19.1 Å². The number of hydrogen-bond donors (Lipinski definition) is 3. The number of pyridine rings is 1. The Morgan fingerprint density at radius 3 is 2.56 bits per heavy atom. The van der Waals surface area contributed by atoms with Crippen LogP contribution in [-0.2, 0) is 4.79 Å². The van der Waals surface area contributed by atoms with Crippen molar-refractivity contribution in [1.29, 1.82) is 0 Å². The number of nitrogens with zero attached hydrogens (tertiary/aromatic N) is 1. The normalized spacial score (nSPS) is 11.6. The van der Waals surface area contributed by atoms with E-state index in [4.69, 9.17) is 10.8 Å². The first-order chi connectivity index (χ1) is 8.40. The molecule has 0 aliphatic heterocycles. The highest BCUT2D eigenvalue weighted by Crippen LogP contribution is 2.01. The zero-order valence-corrected chi connectivity index (χ0v) is 9.71. The van der Waals surface area contributed by atoms with Crippen molar-refractivity contribution >= 4 is 17.8 Å². The second-order valence-corrected chi connectivity index (χ2v) is 3.78. The molecule has 0 aliphatic rings. The van der Waals surface area contributed by atoms with E-state index in [1.807, 2.05) is 0 Å². The fourth-order valence-corrected chi connectivity index (χ4v) is 1.31. The number of amides is 2. The Morgan fingerprint density at radius 1 is 1.44 bits per heavy atom. The molecule has 96 valence electrons. The number of carboxylic acids is 1. The molecular formula is C11H13N3O4. The lowest BCUT2D eigenvalue weighted by Gasteiger charge is -2.11. The third-order valence-corrected chi connectivity index (χ3v) is 2.13. The quantitative estimate of drug-likeness (QED) is 0.667. The number of carbonyl (C=O) groups is 3. The summed E-state index contributed by atoms with van der Waals surface area (Å²) >= 11 is 0. The lowest BCUT2D eigenvalue weighted by Crippen LogP contribution is -2.36. The van der Waals surface area contributed by atoms with Crippen LogP contribution < -0.4 is 11.1 Å². The van der Waals surface area contributed by atoms with Crippen molar-refractivity contribution in [2.45, 2.75) is 19.4 Å². The number of carbonyl (C=O) groups excluding carboxylic acids is 2. The average molecular weight is 251 g/mol. The van der Waals surface area contributed by atoms with Crippen LogP contribution in [0, 0.1) is 0 Å². The van der Waals surface area contributed by atoms with Crippen LogP contribution in [0.3, 0.4) is 0 Å². The molecule has 1 heterocycles. The van der Waals surface area contributed by atoms with Crippen LogP contribution in [0.1, 0.15) is 34.2 Å². The summed E-state index contributed by atoms with van der Waals surface area (Å²) in [6.07, 6.45) is 1.12. The first kappa shape index (κ1) is 13.6. The number of aromatic nitrogens is 1.